The molecule has 0 aromatic rings. The summed E-state index contributed by atoms with van der Waals surface area (Å²) in [5.41, 5.74) is 0. The summed E-state index contributed by atoms with van der Waals surface area (Å²) < 4.78 is 0. The van der Waals surface area contributed by atoms with Crippen LogP contribution in [0.25, 0.3) is 0 Å². The molecule has 2 aliphatic rings. The van der Waals surface area contributed by atoms with Crippen LogP contribution in [0.2, 0.25) is 0 Å². The predicted molar refractivity (Wildman–Crippen MR) is 62.1 cm³/mol. The molecular weight excluding hydrogens is 204 g/mol. The van der Waals surface area contributed by atoms with Gasteiger partial charge in [0, 0.05) is 25.7 Å². The number of carbonyl (C=O) groups excluding carboxylic acids is 1. The van der Waals surface area contributed by atoms with E-state index in [1.54, 1.807) is 0 Å². The fourth-order valence-electron chi connectivity index (χ4n) is 2.56. The van der Waals surface area contributed by atoms with Crippen molar-refractivity contribution in [2.24, 2.45) is 0 Å². The van der Waals surface area contributed by atoms with Gasteiger partial charge < -0.3 is 10.0 Å². The molecule has 1 amide bonds. The van der Waals surface area contributed by atoms with E-state index in [0.29, 0.717) is 12.6 Å². The molecule has 1 atom stereocenters. The van der Waals surface area contributed by atoms with E-state index in [0.717, 1.165) is 25.9 Å². The van der Waals surface area contributed by atoms with Gasteiger partial charge in [-0.2, -0.15) is 0 Å². The lowest BCUT2D eigenvalue weighted by Crippen LogP contribution is -2.48. The maximum absolute atomic E-state index is 12.2. The average molecular weight is 226 g/mol. The van der Waals surface area contributed by atoms with E-state index < -0.39 is 0 Å². The van der Waals surface area contributed by atoms with Gasteiger partial charge in [0.15, 0.2) is 0 Å². The fraction of sp³-hybridized carbons (Fsp3) is 0.917. The molecular formula is C12H22N2O2. The van der Waals surface area contributed by atoms with Gasteiger partial charge in [-0.1, -0.05) is 0 Å². The first-order valence-corrected chi connectivity index (χ1v) is 6.39. The minimum absolute atomic E-state index is 0.0576. The number of nitrogens with zero attached hydrogens (tertiary/aromatic N) is 2. The van der Waals surface area contributed by atoms with Gasteiger partial charge in [0.25, 0.3) is 0 Å². The highest BCUT2D eigenvalue weighted by molar-refractivity contribution is 5.81. The van der Waals surface area contributed by atoms with Gasteiger partial charge in [-0.25, -0.2) is 0 Å². The monoisotopic (exact) mass is 226 g/mol. The summed E-state index contributed by atoms with van der Waals surface area (Å²) in [4.78, 5) is 16.3. The van der Waals surface area contributed by atoms with Crippen LogP contribution in [-0.4, -0.2) is 59.1 Å². The highest BCUT2D eigenvalue weighted by Crippen LogP contribution is 2.29. The van der Waals surface area contributed by atoms with E-state index in [4.69, 9.17) is 5.11 Å². The first-order valence-electron chi connectivity index (χ1n) is 6.39. The van der Waals surface area contributed by atoms with E-state index in [2.05, 4.69) is 4.90 Å². The zero-order valence-electron chi connectivity index (χ0n) is 10.1. The van der Waals surface area contributed by atoms with Crippen molar-refractivity contribution in [3.63, 3.8) is 0 Å². The van der Waals surface area contributed by atoms with E-state index >= 15 is 0 Å². The summed E-state index contributed by atoms with van der Waals surface area (Å²) in [5.74, 6) is 0.248. The Labute approximate surface area is 97.2 Å². The van der Waals surface area contributed by atoms with Crippen LogP contribution >= 0.6 is 0 Å². The molecule has 1 aliphatic carbocycles. The van der Waals surface area contributed by atoms with Crippen molar-refractivity contribution >= 4 is 5.91 Å². The number of aliphatic hydroxyl groups is 1. The standard InChI is InChI=1S/C12H22N2O2/c1-10(12(16)13-6-2-3-7-13)14(8-9-15)11-4-5-11/h10-11,15H,2-9H2,1H3. The Bertz CT molecular complexity index is 247. The van der Waals surface area contributed by atoms with Crippen LogP contribution in [0.5, 0.6) is 0 Å². The number of carbonyl (C=O) groups is 1. The molecule has 4 nitrogen and oxygen atoms in total. The highest BCUT2D eigenvalue weighted by atomic mass is 16.3. The van der Waals surface area contributed by atoms with Crippen LogP contribution in [0.15, 0.2) is 0 Å². The van der Waals surface area contributed by atoms with Crippen molar-refractivity contribution in [3.05, 3.63) is 0 Å². The van der Waals surface area contributed by atoms with Crippen LogP contribution in [0, 0.1) is 0 Å². The largest absolute Gasteiger partial charge is 0.395 e. The molecule has 2 rings (SSSR count). The minimum atomic E-state index is -0.0576. The summed E-state index contributed by atoms with van der Waals surface area (Å²) in [7, 11) is 0. The third-order valence-electron chi connectivity index (χ3n) is 3.65. The zero-order valence-corrected chi connectivity index (χ0v) is 10.1. The van der Waals surface area contributed by atoms with Gasteiger partial charge in [0.1, 0.15) is 0 Å². The molecule has 1 heterocycles. The van der Waals surface area contributed by atoms with E-state index in [1.165, 1.54) is 12.8 Å². The molecule has 1 saturated carbocycles. The van der Waals surface area contributed by atoms with Crippen molar-refractivity contribution in [2.75, 3.05) is 26.2 Å². The summed E-state index contributed by atoms with van der Waals surface area (Å²) in [6, 6.07) is 0.478. The SMILES string of the molecule is CC(C(=O)N1CCCC1)N(CCO)C1CC1. The van der Waals surface area contributed by atoms with E-state index in [9.17, 15) is 4.79 Å². The van der Waals surface area contributed by atoms with Crippen molar-refractivity contribution in [2.45, 2.75) is 44.7 Å². The molecule has 0 radical (unpaired) electrons. The van der Waals surface area contributed by atoms with Crippen LogP contribution in [0.1, 0.15) is 32.6 Å². The lowest BCUT2D eigenvalue weighted by atomic mass is 10.2. The molecule has 0 aromatic heterocycles. The topological polar surface area (TPSA) is 43.8 Å². The molecule has 1 aliphatic heterocycles. The van der Waals surface area contributed by atoms with Crippen LogP contribution in [0.3, 0.4) is 0 Å². The van der Waals surface area contributed by atoms with Gasteiger partial charge >= 0.3 is 0 Å². The van der Waals surface area contributed by atoms with Crippen molar-refractivity contribution in [1.82, 2.24) is 9.80 Å². The number of aliphatic hydroxyl groups excluding tert-OH is 1. The molecule has 1 N–H and O–H groups in total. The van der Waals surface area contributed by atoms with Crippen molar-refractivity contribution < 1.29 is 9.90 Å². The highest BCUT2D eigenvalue weighted by Gasteiger charge is 2.36. The quantitative estimate of drug-likeness (QED) is 0.740. The van der Waals surface area contributed by atoms with Crippen LogP contribution in [0.4, 0.5) is 0 Å². The van der Waals surface area contributed by atoms with Gasteiger partial charge in [-0.05, 0) is 32.6 Å². The van der Waals surface area contributed by atoms with E-state index in [1.807, 2.05) is 11.8 Å². The molecule has 16 heavy (non-hydrogen) atoms. The number of hydrogen-bond acceptors (Lipinski definition) is 3. The second kappa shape index (κ2) is 5.15. The third kappa shape index (κ3) is 2.55. The summed E-state index contributed by atoms with van der Waals surface area (Å²) in [5, 5.41) is 9.04. The maximum Gasteiger partial charge on any atom is 0.239 e. The molecule has 1 saturated heterocycles. The predicted octanol–water partition coefficient (Wildman–Crippen LogP) is 0.454. The Morgan fingerprint density at radius 3 is 2.56 bits per heavy atom. The number of rotatable bonds is 5. The second-order valence-electron chi connectivity index (χ2n) is 4.90. The van der Waals surface area contributed by atoms with Gasteiger partial charge in [-0.15, -0.1) is 0 Å². The van der Waals surface area contributed by atoms with Gasteiger partial charge in [0.05, 0.1) is 12.6 Å². The Kier molecular flexibility index (Phi) is 3.82. The third-order valence-corrected chi connectivity index (χ3v) is 3.65. The van der Waals surface area contributed by atoms with E-state index in [-0.39, 0.29) is 18.6 Å². The Morgan fingerprint density at radius 2 is 2.06 bits per heavy atom. The molecule has 0 aromatic carbocycles. The van der Waals surface area contributed by atoms with Crippen molar-refractivity contribution in [3.8, 4) is 0 Å². The Balaban J connectivity index is 1.92. The number of hydrogen-bond donors (Lipinski definition) is 1. The van der Waals surface area contributed by atoms with Crippen molar-refractivity contribution in [1.29, 1.82) is 0 Å². The minimum Gasteiger partial charge on any atom is -0.395 e. The van der Waals surface area contributed by atoms with Gasteiger partial charge in [-0.3, -0.25) is 9.69 Å². The zero-order chi connectivity index (χ0) is 11.5. The second-order valence-corrected chi connectivity index (χ2v) is 4.90. The summed E-state index contributed by atoms with van der Waals surface area (Å²) in [6.45, 7) is 4.59. The Hall–Kier alpha value is -0.610. The number of likely N-dealkylation sites (tertiary alicyclic amines) is 1. The summed E-state index contributed by atoms with van der Waals surface area (Å²) >= 11 is 0. The molecule has 92 valence electrons. The number of amides is 1. The molecule has 1 unspecified atom stereocenters. The average Bonchev–Trinajstić information content (AvgIpc) is 2.98. The molecule has 0 spiro atoms. The first kappa shape index (κ1) is 11.9. The molecule has 0 bridgehead atoms. The molecule has 2 fully saturated rings. The Morgan fingerprint density at radius 1 is 1.44 bits per heavy atom. The van der Waals surface area contributed by atoms with Crippen LogP contribution in [-0.2, 0) is 4.79 Å². The maximum atomic E-state index is 12.2. The fourth-order valence-corrected chi connectivity index (χ4v) is 2.56. The lowest BCUT2D eigenvalue weighted by Gasteiger charge is -2.30. The normalized spacial score (nSPS) is 22.8. The lowest BCUT2D eigenvalue weighted by molar-refractivity contribution is -0.135. The summed E-state index contributed by atoms with van der Waals surface area (Å²) in [6.07, 6.45) is 4.64. The van der Waals surface area contributed by atoms with Gasteiger partial charge in [0.2, 0.25) is 5.91 Å². The van der Waals surface area contributed by atoms with Crippen LogP contribution < -0.4 is 0 Å². The first-order chi connectivity index (χ1) is 7.74. The molecule has 4 heteroatoms. The smallest absolute Gasteiger partial charge is 0.239 e.